The molecule has 0 aromatic carbocycles. The van der Waals surface area contributed by atoms with E-state index in [1.165, 1.54) is 77.0 Å². The molecule has 0 aromatic heterocycles. The van der Waals surface area contributed by atoms with Crippen LogP contribution in [-0.2, 0) is 0 Å². The first-order chi connectivity index (χ1) is 12.2. The Morgan fingerprint density at radius 2 is 1.20 bits per heavy atom. The maximum absolute atomic E-state index is 9.55. The number of aliphatic hydroxyl groups excluding tert-OH is 2. The molecule has 3 heteroatoms. The van der Waals surface area contributed by atoms with Crippen molar-refractivity contribution in [3.05, 3.63) is 24.3 Å². The highest BCUT2D eigenvalue weighted by Gasteiger charge is 2.08. The largest absolute Gasteiger partial charge is 0.395 e. The van der Waals surface area contributed by atoms with Crippen LogP contribution in [0.1, 0.15) is 96.8 Å². The molecule has 0 fully saturated rings. The molecule has 0 heterocycles. The predicted molar refractivity (Wildman–Crippen MR) is 110 cm³/mol. The van der Waals surface area contributed by atoms with Gasteiger partial charge in [-0.05, 0) is 25.7 Å². The second kappa shape index (κ2) is 19.7. The highest BCUT2D eigenvalue weighted by atomic mass is 16.3. The van der Waals surface area contributed by atoms with Gasteiger partial charge < -0.3 is 15.9 Å². The Morgan fingerprint density at radius 3 is 1.76 bits per heavy atom. The van der Waals surface area contributed by atoms with Crippen molar-refractivity contribution in [3.63, 3.8) is 0 Å². The van der Waals surface area contributed by atoms with E-state index in [2.05, 4.69) is 19.1 Å². The van der Waals surface area contributed by atoms with E-state index in [4.69, 9.17) is 10.8 Å². The van der Waals surface area contributed by atoms with Crippen LogP contribution in [0.15, 0.2) is 24.3 Å². The molecule has 148 valence electrons. The minimum Gasteiger partial charge on any atom is -0.395 e. The number of hydrogen-bond donors (Lipinski definition) is 3. The van der Waals surface area contributed by atoms with Crippen LogP contribution in [-0.4, -0.2) is 29.0 Å². The molecule has 0 saturated carbocycles. The third-order valence-corrected chi connectivity index (χ3v) is 4.62. The van der Waals surface area contributed by atoms with Crippen LogP contribution in [0.4, 0.5) is 0 Å². The van der Waals surface area contributed by atoms with Gasteiger partial charge in [0.15, 0.2) is 0 Å². The van der Waals surface area contributed by atoms with E-state index in [1.807, 2.05) is 6.08 Å². The van der Waals surface area contributed by atoms with Gasteiger partial charge in [-0.15, -0.1) is 0 Å². The summed E-state index contributed by atoms with van der Waals surface area (Å²) in [6.07, 6.45) is 25.8. The molecule has 0 aliphatic carbocycles. The molecule has 2 atom stereocenters. The summed E-state index contributed by atoms with van der Waals surface area (Å²) in [7, 11) is 0. The molecule has 0 aliphatic rings. The minimum absolute atomic E-state index is 0.190. The van der Waals surface area contributed by atoms with Crippen molar-refractivity contribution in [2.45, 2.75) is 109 Å². The summed E-state index contributed by atoms with van der Waals surface area (Å²) in [6.45, 7) is 2.08. The highest BCUT2D eigenvalue weighted by Crippen LogP contribution is 2.12. The second-order valence-electron chi connectivity index (χ2n) is 7.14. The molecule has 0 aromatic rings. The third kappa shape index (κ3) is 18.0. The van der Waals surface area contributed by atoms with E-state index in [-0.39, 0.29) is 6.61 Å². The van der Waals surface area contributed by atoms with Crippen LogP contribution in [0.2, 0.25) is 0 Å². The van der Waals surface area contributed by atoms with Crippen molar-refractivity contribution in [2.75, 3.05) is 6.61 Å². The number of aliphatic hydroxyl groups is 2. The van der Waals surface area contributed by atoms with Gasteiger partial charge in [-0.3, -0.25) is 0 Å². The molecule has 0 bridgehead atoms. The predicted octanol–water partition coefficient (Wildman–Crippen LogP) is 5.26. The molecular formula is C22H43NO2. The first-order valence-corrected chi connectivity index (χ1v) is 10.6. The van der Waals surface area contributed by atoms with Crippen LogP contribution in [0, 0.1) is 0 Å². The van der Waals surface area contributed by atoms with Crippen molar-refractivity contribution in [2.24, 2.45) is 5.73 Å². The zero-order chi connectivity index (χ0) is 18.6. The van der Waals surface area contributed by atoms with Gasteiger partial charge >= 0.3 is 0 Å². The van der Waals surface area contributed by atoms with Gasteiger partial charge in [-0.25, -0.2) is 0 Å². The molecule has 3 nitrogen and oxygen atoms in total. The van der Waals surface area contributed by atoms with E-state index in [0.717, 1.165) is 12.8 Å². The first-order valence-electron chi connectivity index (χ1n) is 10.6. The van der Waals surface area contributed by atoms with E-state index >= 15 is 0 Å². The molecule has 0 radical (unpaired) electrons. The fraction of sp³-hybridized carbons (Fsp3) is 0.818. The summed E-state index contributed by atoms with van der Waals surface area (Å²) in [5.41, 5.74) is 5.52. The van der Waals surface area contributed by atoms with E-state index < -0.39 is 12.1 Å². The number of unbranched alkanes of at least 4 members (excludes halogenated alkanes) is 12. The van der Waals surface area contributed by atoms with Crippen LogP contribution < -0.4 is 5.73 Å². The van der Waals surface area contributed by atoms with E-state index in [0.29, 0.717) is 0 Å². The van der Waals surface area contributed by atoms with Gasteiger partial charge in [-0.2, -0.15) is 0 Å². The van der Waals surface area contributed by atoms with Gasteiger partial charge in [-0.1, -0.05) is 95.4 Å². The molecule has 0 spiro atoms. The first kappa shape index (κ1) is 24.4. The Balaban J connectivity index is 3.27. The summed E-state index contributed by atoms with van der Waals surface area (Å²) in [6, 6.07) is -0.576. The zero-order valence-electron chi connectivity index (χ0n) is 16.5. The average Bonchev–Trinajstić information content (AvgIpc) is 2.63. The van der Waals surface area contributed by atoms with Gasteiger partial charge in [0.2, 0.25) is 0 Å². The smallest absolute Gasteiger partial charge is 0.0894 e. The lowest BCUT2D eigenvalue weighted by Gasteiger charge is -2.11. The van der Waals surface area contributed by atoms with Crippen LogP contribution in [0.5, 0.6) is 0 Å². The Hall–Kier alpha value is -0.640. The van der Waals surface area contributed by atoms with E-state index in [9.17, 15) is 5.11 Å². The Bertz CT molecular complexity index is 315. The fourth-order valence-electron chi connectivity index (χ4n) is 2.84. The summed E-state index contributed by atoms with van der Waals surface area (Å²) in [4.78, 5) is 0. The second-order valence-corrected chi connectivity index (χ2v) is 7.14. The van der Waals surface area contributed by atoms with Gasteiger partial charge in [0.05, 0.1) is 18.8 Å². The summed E-state index contributed by atoms with van der Waals surface area (Å²) < 4.78 is 0. The van der Waals surface area contributed by atoms with Crippen molar-refractivity contribution >= 4 is 0 Å². The van der Waals surface area contributed by atoms with Crippen LogP contribution in [0.25, 0.3) is 0 Å². The maximum atomic E-state index is 9.55. The summed E-state index contributed by atoms with van der Waals surface area (Å²) in [5.74, 6) is 0. The quantitative estimate of drug-likeness (QED) is 0.232. The molecular weight excluding hydrogens is 310 g/mol. The van der Waals surface area contributed by atoms with Gasteiger partial charge in [0.25, 0.3) is 0 Å². The lowest BCUT2D eigenvalue weighted by Crippen LogP contribution is -2.36. The van der Waals surface area contributed by atoms with Crippen molar-refractivity contribution < 1.29 is 10.2 Å². The molecule has 0 saturated heterocycles. The zero-order valence-corrected chi connectivity index (χ0v) is 16.5. The molecule has 2 unspecified atom stereocenters. The maximum Gasteiger partial charge on any atom is 0.0894 e. The Kier molecular flexibility index (Phi) is 19.2. The van der Waals surface area contributed by atoms with Gasteiger partial charge in [0, 0.05) is 0 Å². The molecule has 0 aliphatic heterocycles. The lowest BCUT2D eigenvalue weighted by molar-refractivity contribution is 0.144. The lowest BCUT2D eigenvalue weighted by atomic mass is 10.1. The average molecular weight is 354 g/mol. The highest BCUT2D eigenvalue weighted by molar-refractivity contribution is 4.95. The number of hydrogen-bond acceptors (Lipinski definition) is 3. The molecule has 4 N–H and O–H groups in total. The number of rotatable bonds is 18. The summed E-state index contributed by atoms with van der Waals surface area (Å²) >= 11 is 0. The van der Waals surface area contributed by atoms with E-state index in [1.54, 1.807) is 6.08 Å². The summed E-state index contributed by atoms with van der Waals surface area (Å²) in [5, 5.41) is 18.4. The van der Waals surface area contributed by atoms with Gasteiger partial charge in [0.1, 0.15) is 0 Å². The standard InChI is InChI=1S/C22H43NO2/c1-2-3-4-5-6-7-8-9-10-11-12-13-14-15-16-17-18-19-22(25)21(23)20-24/h14-15,18-19,21-22,24-25H,2-13,16-17,20,23H2,1H3. The SMILES string of the molecule is CCCCCCCCCCCCCC=CCCC=CC(O)C(N)CO. The molecule has 0 amide bonds. The third-order valence-electron chi connectivity index (χ3n) is 4.62. The minimum atomic E-state index is -0.745. The van der Waals surface area contributed by atoms with Crippen LogP contribution >= 0.6 is 0 Å². The van der Waals surface area contributed by atoms with Crippen molar-refractivity contribution in [1.29, 1.82) is 0 Å². The van der Waals surface area contributed by atoms with Crippen LogP contribution in [0.3, 0.4) is 0 Å². The van der Waals surface area contributed by atoms with Crippen molar-refractivity contribution in [1.82, 2.24) is 0 Å². The monoisotopic (exact) mass is 353 g/mol. The Labute approximate surface area is 156 Å². The number of nitrogens with two attached hydrogens (primary N) is 1. The van der Waals surface area contributed by atoms with Crippen molar-refractivity contribution in [3.8, 4) is 0 Å². The Morgan fingerprint density at radius 1 is 0.720 bits per heavy atom. The fourth-order valence-corrected chi connectivity index (χ4v) is 2.84. The normalized spacial score (nSPS) is 14.6. The molecule has 0 rings (SSSR count). The molecule has 25 heavy (non-hydrogen) atoms. The topological polar surface area (TPSA) is 66.5 Å². The number of allylic oxidation sites excluding steroid dienone is 3.